The Morgan fingerprint density at radius 2 is 2.09 bits per heavy atom. The highest BCUT2D eigenvalue weighted by molar-refractivity contribution is 8.00. The summed E-state index contributed by atoms with van der Waals surface area (Å²) in [6.07, 6.45) is 1.02. The average Bonchev–Trinajstić information content (AvgIpc) is 2.95. The molecule has 23 heavy (non-hydrogen) atoms. The van der Waals surface area contributed by atoms with E-state index in [0.717, 1.165) is 12.2 Å². The Balaban J connectivity index is 1.87. The highest BCUT2D eigenvalue weighted by Gasteiger charge is 2.37. The molecule has 4 atom stereocenters. The van der Waals surface area contributed by atoms with E-state index in [1.165, 1.54) is 11.8 Å². The molecule has 9 heteroatoms. The van der Waals surface area contributed by atoms with Gasteiger partial charge in [-0.1, -0.05) is 0 Å². The molecule has 130 valence electrons. The number of carbonyl (C=O) groups excluding carboxylic acids is 3. The molecule has 0 aromatic carbocycles. The molecule has 2 rings (SSSR count). The summed E-state index contributed by atoms with van der Waals surface area (Å²) in [6, 6.07) is 0. The molecule has 8 nitrogen and oxygen atoms in total. The van der Waals surface area contributed by atoms with Gasteiger partial charge in [-0.3, -0.25) is 14.9 Å². The van der Waals surface area contributed by atoms with Gasteiger partial charge in [0.1, 0.15) is 0 Å². The molecule has 2 aliphatic rings. The number of amides is 3. The lowest BCUT2D eigenvalue weighted by Gasteiger charge is -2.28. The second kappa shape index (κ2) is 8.51. The normalized spacial score (nSPS) is 30.5. The minimum atomic E-state index is -0.746. The van der Waals surface area contributed by atoms with Gasteiger partial charge in [0, 0.05) is 5.92 Å². The fraction of sp³-hybridized carbons (Fsp3) is 0.786. The van der Waals surface area contributed by atoms with E-state index in [1.807, 2.05) is 0 Å². The molecule has 0 aromatic rings. The summed E-state index contributed by atoms with van der Waals surface area (Å²) in [5, 5.41) is 7.93. The maximum Gasteiger partial charge on any atom is 0.413 e. The van der Waals surface area contributed by atoms with Crippen molar-refractivity contribution in [2.75, 3.05) is 18.9 Å². The summed E-state index contributed by atoms with van der Waals surface area (Å²) in [6.45, 7) is 2.58. The number of hydrogen-bond donors (Lipinski definition) is 4. The number of nitrogens with one attached hydrogen (secondary N) is 3. The SMILES string of the molecule is CCOC(=O)NC(=O)C1CCSC1NC(=O)C1CCNC(N)C1. The molecule has 2 fully saturated rings. The van der Waals surface area contributed by atoms with Gasteiger partial charge in [0.15, 0.2) is 0 Å². The smallest absolute Gasteiger partial charge is 0.413 e. The molecular weight excluding hydrogens is 320 g/mol. The molecule has 0 aliphatic carbocycles. The van der Waals surface area contributed by atoms with Gasteiger partial charge in [-0.25, -0.2) is 4.79 Å². The first-order valence-corrected chi connectivity index (χ1v) is 8.94. The summed E-state index contributed by atoms with van der Waals surface area (Å²) < 4.78 is 4.71. The van der Waals surface area contributed by atoms with Crippen molar-refractivity contribution in [3.8, 4) is 0 Å². The van der Waals surface area contributed by atoms with Crippen molar-refractivity contribution in [3.05, 3.63) is 0 Å². The molecule has 0 aromatic heterocycles. The Kier molecular flexibility index (Phi) is 6.67. The van der Waals surface area contributed by atoms with Gasteiger partial charge in [-0.05, 0) is 38.5 Å². The Labute approximate surface area is 139 Å². The number of thioether (sulfide) groups is 1. The maximum absolute atomic E-state index is 12.4. The topological polar surface area (TPSA) is 123 Å². The van der Waals surface area contributed by atoms with Crippen LogP contribution >= 0.6 is 11.8 Å². The monoisotopic (exact) mass is 344 g/mol. The fourth-order valence-electron chi connectivity index (χ4n) is 2.81. The van der Waals surface area contributed by atoms with Crippen molar-refractivity contribution in [2.45, 2.75) is 37.7 Å². The summed E-state index contributed by atoms with van der Waals surface area (Å²) in [7, 11) is 0. The molecular formula is C14H24N4O4S. The van der Waals surface area contributed by atoms with Crippen molar-refractivity contribution >= 4 is 29.7 Å². The zero-order chi connectivity index (χ0) is 16.8. The third kappa shape index (κ3) is 5.08. The van der Waals surface area contributed by atoms with Crippen molar-refractivity contribution in [1.82, 2.24) is 16.0 Å². The number of ether oxygens (including phenoxy) is 1. The molecule has 0 saturated carbocycles. The Hall–Kier alpha value is -1.32. The lowest BCUT2D eigenvalue weighted by molar-refractivity contribution is -0.127. The van der Waals surface area contributed by atoms with Gasteiger partial charge < -0.3 is 21.1 Å². The quantitative estimate of drug-likeness (QED) is 0.554. The van der Waals surface area contributed by atoms with E-state index in [-0.39, 0.29) is 30.0 Å². The summed E-state index contributed by atoms with van der Waals surface area (Å²) >= 11 is 1.52. The lowest BCUT2D eigenvalue weighted by atomic mass is 9.95. The van der Waals surface area contributed by atoms with Crippen LogP contribution in [0, 0.1) is 11.8 Å². The van der Waals surface area contributed by atoms with Crippen molar-refractivity contribution in [2.24, 2.45) is 17.6 Å². The van der Waals surface area contributed by atoms with Gasteiger partial charge >= 0.3 is 6.09 Å². The number of hydrogen-bond acceptors (Lipinski definition) is 7. The van der Waals surface area contributed by atoms with Gasteiger partial charge in [0.2, 0.25) is 11.8 Å². The Morgan fingerprint density at radius 3 is 2.78 bits per heavy atom. The van der Waals surface area contributed by atoms with Crippen LogP contribution in [0.15, 0.2) is 0 Å². The average molecular weight is 344 g/mol. The maximum atomic E-state index is 12.4. The number of rotatable bonds is 4. The van der Waals surface area contributed by atoms with Crippen LogP contribution in [0.5, 0.6) is 0 Å². The third-order valence-corrected chi connectivity index (χ3v) is 5.30. The molecule has 0 bridgehead atoms. The lowest BCUT2D eigenvalue weighted by Crippen LogP contribution is -2.50. The zero-order valence-corrected chi connectivity index (χ0v) is 14.0. The fourth-order valence-corrected chi connectivity index (χ4v) is 4.14. The van der Waals surface area contributed by atoms with Gasteiger partial charge in [-0.2, -0.15) is 0 Å². The van der Waals surface area contributed by atoms with Crippen LogP contribution < -0.4 is 21.7 Å². The number of piperidine rings is 1. The van der Waals surface area contributed by atoms with E-state index in [9.17, 15) is 14.4 Å². The predicted octanol–water partition coefficient (Wildman–Crippen LogP) is -0.261. The van der Waals surface area contributed by atoms with Gasteiger partial charge in [-0.15, -0.1) is 11.8 Å². The van der Waals surface area contributed by atoms with E-state index in [0.29, 0.717) is 19.4 Å². The van der Waals surface area contributed by atoms with Crippen molar-refractivity contribution < 1.29 is 19.1 Å². The van der Waals surface area contributed by atoms with Crippen LogP contribution in [0.25, 0.3) is 0 Å². The summed E-state index contributed by atoms with van der Waals surface area (Å²) in [5.74, 6) is -0.279. The van der Waals surface area contributed by atoms with E-state index < -0.39 is 17.9 Å². The number of nitrogens with two attached hydrogens (primary N) is 1. The zero-order valence-electron chi connectivity index (χ0n) is 13.2. The Bertz CT molecular complexity index is 462. The molecule has 4 unspecified atom stereocenters. The highest BCUT2D eigenvalue weighted by Crippen LogP contribution is 2.31. The standard InChI is InChI=1S/C14H24N4O4S/c1-2-22-14(21)18-12(20)9-4-6-23-13(9)17-11(19)8-3-5-16-10(15)7-8/h8-10,13,16H,2-7,15H2,1H3,(H,17,19)(H,18,20,21). The van der Waals surface area contributed by atoms with Crippen LogP contribution in [0.2, 0.25) is 0 Å². The third-order valence-electron chi connectivity index (χ3n) is 4.02. The molecule has 2 heterocycles. The molecule has 2 aliphatic heterocycles. The summed E-state index contributed by atoms with van der Waals surface area (Å²) in [5.41, 5.74) is 5.82. The first-order valence-electron chi connectivity index (χ1n) is 7.89. The predicted molar refractivity (Wildman–Crippen MR) is 86.4 cm³/mol. The van der Waals surface area contributed by atoms with E-state index in [2.05, 4.69) is 16.0 Å². The van der Waals surface area contributed by atoms with Crippen molar-refractivity contribution in [1.29, 1.82) is 0 Å². The molecule has 0 spiro atoms. The largest absolute Gasteiger partial charge is 0.450 e. The van der Waals surface area contributed by atoms with E-state index in [1.54, 1.807) is 6.92 Å². The molecule has 5 N–H and O–H groups in total. The second-order valence-corrected chi connectivity index (χ2v) is 6.94. The number of alkyl carbamates (subject to hydrolysis) is 1. The minimum Gasteiger partial charge on any atom is -0.450 e. The first-order chi connectivity index (χ1) is 11.0. The van der Waals surface area contributed by atoms with E-state index >= 15 is 0 Å². The molecule has 2 saturated heterocycles. The highest BCUT2D eigenvalue weighted by atomic mass is 32.2. The van der Waals surface area contributed by atoms with Crippen LogP contribution in [0.3, 0.4) is 0 Å². The van der Waals surface area contributed by atoms with Gasteiger partial charge in [0.05, 0.1) is 24.1 Å². The number of carbonyl (C=O) groups is 3. The van der Waals surface area contributed by atoms with E-state index in [4.69, 9.17) is 10.5 Å². The Morgan fingerprint density at radius 1 is 1.30 bits per heavy atom. The van der Waals surface area contributed by atoms with Crippen LogP contribution in [0.4, 0.5) is 4.79 Å². The molecule has 3 amide bonds. The summed E-state index contributed by atoms with van der Waals surface area (Å²) in [4.78, 5) is 35.9. The minimum absolute atomic E-state index is 0.0738. The first kappa shape index (κ1) is 18.0. The second-order valence-electron chi connectivity index (χ2n) is 5.69. The van der Waals surface area contributed by atoms with Crippen molar-refractivity contribution in [3.63, 3.8) is 0 Å². The van der Waals surface area contributed by atoms with Crippen LogP contribution in [0.1, 0.15) is 26.2 Å². The van der Waals surface area contributed by atoms with Gasteiger partial charge in [0.25, 0.3) is 0 Å². The van der Waals surface area contributed by atoms with Crippen LogP contribution in [-0.2, 0) is 14.3 Å². The molecule has 0 radical (unpaired) electrons. The number of imide groups is 1. The van der Waals surface area contributed by atoms with Crippen LogP contribution in [-0.4, -0.2) is 48.4 Å².